The molecule has 1 amide bonds. The van der Waals surface area contributed by atoms with Gasteiger partial charge in [0.1, 0.15) is 4.88 Å². The minimum Gasteiger partial charge on any atom is -0.478 e. The van der Waals surface area contributed by atoms with Crippen molar-refractivity contribution in [1.29, 1.82) is 0 Å². The van der Waals surface area contributed by atoms with Crippen molar-refractivity contribution in [3.8, 4) is 17.7 Å². The fraction of sp³-hybridized carbons (Fsp3) is 0.200. The second-order valence-electron chi connectivity index (χ2n) is 3.94. The lowest BCUT2D eigenvalue weighted by molar-refractivity contribution is 0.103. The first-order chi connectivity index (χ1) is 10.2. The third-order valence-electron chi connectivity index (χ3n) is 2.48. The van der Waals surface area contributed by atoms with Crippen LogP contribution in [0.25, 0.3) is 0 Å². The fourth-order valence-corrected chi connectivity index (χ4v) is 2.35. The maximum absolute atomic E-state index is 12.2. The van der Waals surface area contributed by atoms with Gasteiger partial charge in [-0.1, -0.05) is 11.8 Å². The van der Waals surface area contributed by atoms with E-state index in [0.29, 0.717) is 28.6 Å². The molecule has 0 unspecified atom stereocenters. The van der Waals surface area contributed by atoms with Crippen molar-refractivity contribution in [3.63, 3.8) is 0 Å². The van der Waals surface area contributed by atoms with Crippen LogP contribution in [0.2, 0.25) is 0 Å². The SMILES string of the molecule is CCOc1ccc(NC(=O)c2sccc2C#CCN)cn1. The van der Waals surface area contributed by atoms with Gasteiger partial charge in [-0.15, -0.1) is 11.3 Å². The Balaban J connectivity index is 2.09. The summed E-state index contributed by atoms with van der Waals surface area (Å²) in [7, 11) is 0. The minimum absolute atomic E-state index is 0.211. The fourth-order valence-electron chi connectivity index (χ4n) is 1.61. The van der Waals surface area contributed by atoms with E-state index in [0.717, 1.165) is 0 Å². The van der Waals surface area contributed by atoms with Crippen molar-refractivity contribution >= 4 is 22.9 Å². The lowest BCUT2D eigenvalue weighted by Crippen LogP contribution is -2.11. The Hall–Kier alpha value is -2.36. The van der Waals surface area contributed by atoms with Gasteiger partial charge in [-0.05, 0) is 24.4 Å². The van der Waals surface area contributed by atoms with Crippen LogP contribution in [0.4, 0.5) is 5.69 Å². The van der Waals surface area contributed by atoms with Gasteiger partial charge in [0, 0.05) is 11.6 Å². The number of carbonyl (C=O) groups excluding carboxylic acids is 1. The summed E-state index contributed by atoms with van der Waals surface area (Å²) in [6, 6.07) is 5.26. The van der Waals surface area contributed by atoms with E-state index in [4.69, 9.17) is 10.5 Å². The molecule has 108 valence electrons. The Morgan fingerprint density at radius 3 is 3.00 bits per heavy atom. The van der Waals surface area contributed by atoms with Crippen LogP contribution in [0, 0.1) is 11.8 Å². The second-order valence-corrected chi connectivity index (χ2v) is 4.86. The molecule has 0 radical (unpaired) electrons. The monoisotopic (exact) mass is 301 g/mol. The van der Waals surface area contributed by atoms with Crippen LogP contribution in [0.3, 0.4) is 0 Å². The van der Waals surface area contributed by atoms with Gasteiger partial charge in [-0.3, -0.25) is 4.79 Å². The molecule has 0 fully saturated rings. The number of amides is 1. The Morgan fingerprint density at radius 1 is 1.48 bits per heavy atom. The maximum Gasteiger partial charge on any atom is 0.267 e. The third kappa shape index (κ3) is 4.05. The van der Waals surface area contributed by atoms with E-state index in [2.05, 4.69) is 22.1 Å². The lowest BCUT2D eigenvalue weighted by Gasteiger charge is -2.05. The summed E-state index contributed by atoms with van der Waals surface area (Å²) < 4.78 is 5.25. The Bertz CT molecular complexity index is 668. The molecule has 0 spiro atoms. The van der Waals surface area contributed by atoms with E-state index in [1.165, 1.54) is 11.3 Å². The zero-order valence-electron chi connectivity index (χ0n) is 11.6. The number of carbonyl (C=O) groups is 1. The van der Waals surface area contributed by atoms with Gasteiger partial charge in [0.2, 0.25) is 5.88 Å². The molecule has 6 heteroatoms. The van der Waals surface area contributed by atoms with Crippen LogP contribution >= 0.6 is 11.3 Å². The number of pyridine rings is 1. The zero-order chi connectivity index (χ0) is 15.1. The first-order valence-electron chi connectivity index (χ1n) is 6.41. The largest absolute Gasteiger partial charge is 0.478 e. The van der Waals surface area contributed by atoms with Crippen molar-refractivity contribution in [1.82, 2.24) is 4.98 Å². The normalized spacial score (nSPS) is 9.62. The molecule has 5 nitrogen and oxygen atoms in total. The summed E-state index contributed by atoms with van der Waals surface area (Å²) >= 11 is 1.34. The molecule has 2 aromatic heterocycles. The summed E-state index contributed by atoms with van der Waals surface area (Å²) in [6.45, 7) is 2.70. The number of rotatable bonds is 4. The van der Waals surface area contributed by atoms with E-state index in [1.807, 2.05) is 12.3 Å². The highest BCUT2D eigenvalue weighted by molar-refractivity contribution is 7.12. The molecule has 3 N–H and O–H groups in total. The van der Waals surface area contributed by atoms with Crippen LogP contribution in [0.5, 0.6) is 5.88 Å². The number of ether oxygens (including phenoxy) is 1. The Morgan fingerprint density at radius 2 is 2.33 bits per heavy atom. The van der Waals surface area contributed by atoms with Gasteiger partial charge < -0.3 is 15.8 Å². The van der Waals surface area contributed by atoms with Gasteiger partial charge in [-0.2, -0.15) is 0 Å². The van der Waals surface area contributed by atoms with Crippen LogP contribution in [0.15, 0.2) is 29.8 Å². The van der Waals surface area contributed by atoms with E-state index in [1.54, 1.807) is 24.4 Å². The molecule has 0 saturated carbocycles. The third-order valence-corrected chi connectivity index (χ3v) is 3.40. The first kappa shape index (κ1) is 15.0. The second kappa shape index (κ2) is 7.43. The molecule has 0 saturated heterocycles. The molecule has 0 bridgehead atoms. The number of aromatic nitrogens is 1. The van der Waals surface area contributed by atoms with Crippen LogP contribution < -0.4 is 15.8 Å². The number of hydrogen-bond acceptors (Lipinski definition) is 5. The van der Waals surface area contributed by atoms with Gasteiger partial charge in [0.25, 0.3) is 5.91 Å². The molecule has 0 aliphatic rings. The highest BCUT2D eigenvalue weighted by Crippen LogP contribution is 2.18. The van der Waals surface area contributed by atoms with E-state index in [-0.39, 0.29) is 12.5 Å². The summed E-state index contributed by atoms with van der Waals surface area (Å²) in [5.74, 6) is 5.95. The Kier molecular flexibility index (Phi) is 5.32. The van der Waals surface area contributed by atoms with E-state index in [9.17, 15) is 4.79 Å². The van der Waals surface area contributed by atoms with Crippen molar-refractivity contribution in [2.24, 2.45) is 5.73 Å². The number of thiophene rings is 1. The van der Waals surface area contributed by atoms with E-state index < -0.39 is 0 Å². The lowest BCUT2D eigenvalue weighted by atomic mass is 10.2. The summed E-state index contributed by atoms with van der Waals surface area (Å²) in [5.41, 5.74) is 6.63. The first-order valence-corrected chi connectivity index (χ1v) is 7.29. The van der Waals surface area contributed by atoms with Crippen molar-refractivity contribution in [3.05, 3.63) is 40.2 Å². The molecule has 0 aliphatic heterocycles. The van der Waals surface area contributed by atoms with E-state index >= 15 is 0 Å². The predicted molar refractivity (Wildman–Crippen MR) is 83.6 cm³/mol. The van der Waals surface area contributed by atoms with Crippen LogP contribution in [-0.4, -0.2) is 24.0 Å². The van der Waals surface area contributed by atoms with Gasteiger partial charge in [0.05, 0.1) is 25.0 Å². The molecule has 0 atom stereocenters. The number of nitrogens with zero attached hydrogens (tertiary/aromatic N) is 1. The number of nitrogens with two attached hydrogens (primary N) is 1. The predicted octanol–water partition coefficient (Wildman–Crippen LogP) is 2.10. The van der Waals surface area contributed by atoms with Gasteiger partial charge >= 0.3 is 0 Å². The molecule has 0 aromatic carbocycles. The van der Waals surface area contributed by atoms with Crippen LogP contribution in [-0.2, 0) is 0 Å². The van der Waals surface area contributed by atoms with Gasteiger partial charge in [-0.25, -0.2) is 4.98 Å². The molecular weight excluding hydrogens is 286 g/mol. The zero-order valence-corrected chi connectivity index (χ0v) is 12.4. The van der Waals surface area contributed by atoms with Crippen molar-refractivity contribution in [2.75, 3.05) is 18.5 Å². The Labute approximate surface area is 127 Å². The highest BCUT2D eigenvalue weighted by Gasteiger charge is 2.12. The number of anilines is 1. The standard InChI is InChI=1S/C15H15N3O2S/c1-2-20-13-6-5-12(10-17-13)18-15(19)14-11(4-3-8-16)7-9-21-14/h5-7,9-10H,2,8,16H2,1H3,(H,18,19). The summed E-state index contributed by atoms with van der Waals surface area (Å²) in [6.07, 6.45) is 1.56. The molecule has 2 heterocycles. The quantitative estimate of drug-likeness (QED) is 0.848. The highest BCUT2D eigenvalue weighted by atomic mass is 32.1. The average Bonchev–Trinajstić information content (AvgIpc) is 2.96. The smallest absolute Gasteiger partial charge is 0.267 e. The molecule has 21 heavy (non-hydrogen) atoms. The summed E-state index contributed by atoms with van der Waals surface area (Å²) in [4.78, 5) is 16.9. The molecular formula is C15H15N3O2S. The topological polar surface area (TPSA) is 77.2 Å². The number of hydrogen-bond donors (Lipinski definition) is 2. The average molecular weight is 301 g/mol. The minimum atomic E-state index is -0.211. The molecule has 0 aliphatic carbocycles. The number of nitrogens with one attached hydrogen (secondary N) is 1. The maximum atomic E-state index is 12.2. The van der Waals surface area contributed by atoms with Crippen LogP contribution in [0.1, 0.15) is 22.2 Å². The van der Waals surface area contributed by atoms with Crippen molar-refractivity contribution in [2.45, 2.75) is 6.92 Å². The van der Waals surface area contributed by atoms with Gasteiger partial charge in [0.15, 0.2) is 0 Å². The molecule has 2 aromatic rings. The summed E-state index contributed by atoms with van der Waals surface area (Å²) in [5, 5.41) is 4.61. The molecule has 2 rings (SSSR count). The van der Waals surface area contributed by atoms with Crippen molar-refractivity contribution < 1.29 is 9.53 Å².